The Labute approximate surface area is 218 Å². The van der Waals surface area contributed by atoms with Crippen molar-refractivity contribution in [3.63, 3.8) is 0 Å². The van der Waals surface area contributed by atoms with Crippen LogP contribution < -0.4 is 10.6 Å². The molecule has 0 aliphatic rings. The second-order valence-electron chi connectivity index (χ2n) is 12.0. The van der Waals surface area contributed by atoms with Crippen molar-refractivity contribution in [3.8, 4) is 0 Å². The van der Waals surface area contributed by atoms with Crippen LogP contribution in [-0.4, -0.2) is 46.0 Å². The van der Waals surface area contributed by atoms with Crippen molar-refractivity contribution in [2.24, 2.45) is 5.92 Å². The van der Waals surface area contributed by atoms with E-state index in [2.05, 4.69) is 10.6 Å². The first kappa shape index (κ1) is 31.5. The van der Waals surface area contributed by atoms with Gasteiger partial charge in [-0.2, -0.15) is 0 Å². The summed E-state index contributed by atoms with van der Waals surface area (Å²) in [6, 6.07) is 3.98. The van der Waals surface area contributed by atoms with Crippen LogP contribution >= 0.6 is 0 Å². The summed E-state index contributed by atoms with van der Waals surface area (Å²) < 4.78 is 5.47. The zero-order valence-electron chi connectivity index (χ0n) is 24.5. The highest BCUT2D eigenvalue weighted by Gasteiger charge is 2.41. The normalized spacial score (nSPS) is 15.3. The van der Waals surface area contributed by atoms with Gasteiger partial charge in [0.2, 0.25) is 11.8 Å². The number of nitrogens with zero attached hydrogens (tertiary/aromatic N) is 1. The van der Waals surface area contributed by atoms with E-state index in [1.54, 1.807) is 25.7 Å². The van der Waals surface area contributed by atoms with Crippen LogP contribution in [0.1, 0.15) is 105 Å². The van der Waals surface area contributed by atoms with E-state index in [9.17, 15) is 14.4 Å². The number of ether oxygens (including phenoxy) is 1. The largest absolute Gasteiger partial charge is 0.444 e. The standard InChI is InChI=1S/C29H49N3O4/c1-13-19(4)23(30-27(35)36-29(10,11)12)26(34)32(21(6)14-2)24(25(33)31-28(7,8)9)22-16-15-18(3)17-20(22)5/h15-17,19,21,23-24H,13-14H2,1-12H3,(H,30,35)(H,31,33). The van der Waals surface area contributed by atoms with E-state index in [1.165, 1.54) is 0 Å². The van der Waals surface area contributed by atoms with Gasteiger partial charge in [0.25, 0.3) is 0 Å². The maximum Gasteiger partial charge on any atom is 0.408 e. The molecule has 0 spiro atoms. The molecule has 1 aromatic rings. The number of benzene rings is 1. The van der Waals surface area contributed by atoms with E-state index in [0.29, 0.717) is 12.8 Å². The first-order valence-corrected chi connectivity index (χ1v) is 13.1. The topological polar surface area (TPSA) is 87.7 Å². The van der Waals surface area contributed by atoms with Gasteiger partial charge in [0.05, 0.1) is 0 Å². The fourth-order valence-electron chi connectivity index (χ4n) is 4.06. The zero-order chi connectivity index (χ0) is 28.0. The maximum atomic E-state index is 14.3. The van der Waals surface area contributed by atoms with Gasteiger partial charge in [-0.3, -0.25) is 9.59 Å². The Morgan fingerprint density at radius 2 is 1.56 bits per heavy atom. The van der Waals surface area contributed by atoms with Crippen molar-refractivity contribution in [3.05, 3.63) is 34.9 Å². The van der Waals surface area contributed by atoms with Crippen molar-refractivity contribution in [2.75, 3.05) is 0 Å². The van der Waals surface area contributed by atoms with Crippen LogP contribution in [0.25, 0.3) is 0 Å². The third-order valence-electron chi connectivity index (χ3n) is 6.22. The van der Waals surface area contributed by atoms with E-state index < -0.39 is 29.3 Å². The summed E-state index contributed by atoms with van der Waals surface area (Å²) in [5, 5.41) is 5.90. The van der Waals surface area contributed by atoms with E-state index in [-0.39, 0.29) is 23.8 Å². The lowest BCUT2D eigenvalue weighted by Gasteiger charge is -2.40. The van der Waals surface area contributed by atoms with Gasteiger partial charge in [0.1, 0.15) is 17.7 Å². The molecule has 0 saturated carbocycles. The van der Waals surface area contributed by atoms with Gasteiger partial charge in [-0.1, -0.05) is 51.0 Å². The fourth-order valence-corrected chi connectivity index (χ4v) is 4.06. The molecule has 3 amide bonds. The molecule has 7 heteroatoms. The molecule has 4 atom stereocenters. The van der Waals surface area contributed by atoms with Gasteiger partial charge in [-0.15, -0.1) is 0 Å². The summed E-state index contributed by atoms with van der Waals surface area (Å²) in [5.74, 6) is -0.705. The average Bonchev–Trinajstić information content (AvgIpc) is 2.72. The summed E-state index contributed by atoms with van der Waals surface area (Å²) in [4.78, 5) is 42.5. The highest BCUT2D eigenvalue weighted by molar-refractivity contribution is 5.93. The number of carbonyl (C=O) groups excluding carboxylic acids is 3. The number of aryl methyl sites for hydroxylation is 2. The molecular weight excluding hydrogens is 454 g/mol. The van der Waals surface area contributed by atoms with Crippen LogP contribution in [0.2, 0.25) is 0 Å². The Bertz CT molecular complexity index is 914. The molecule has 1 rings (SSSR count). The van der Waals surface area contributed by atoms with Crippen molar-refractivity contribution in [2.45, 2.75) is 125 Å². The molecule has 0 aromatic heterocycles. The predicted octanol–water partition coefficient (Wildman–Crippen LogP) is 5.83. The number of carbonyl (C=O) groups is 3. The first-order valence-electron chi connectivity index (χ1n) is 13.1. The van der Waals surface area contributed by atoms with Gasteiger partial charge < -0.3 is 20.3 Å². The fraction of sp³-hybridized carbons (Fsp3) is 0.690. The number of alkyl carbamates (subject to hydrolysis) is 1. The quantitative estimate of drug-likeness (QED) is 0.444. The summed E-state index contributed by atoms with van der Waals surface area (Å²) >= 11 is 0. The number of hydrogen-bond acceptors (Lipinski definition) is 4. The van der Waals surface area contributed by atoms with E-state index in [4.69, 9.17) is 4.74 Å². The number of amides is 3. The number of nitrogens with one attached hydrogen (secondary N) is 2. The molecule has 0 heterocycles. The van der Waals surface area contributed by atoms with Crippen LogP contribution in [0.15, 0.2) is 18.2 Å². The lowest BCUT2D eigenvalue weighted by molar-refractivity contribution is -0.146. The van der Waals surface area contributed by atoms with Crippen LogP contribution in [0, 0.1) is 19.8 Å². The minimum absolute atomic E-state index is 0.165. The molecule has 0 radical (unpaired) electrons. The molecule has 4 unspecified atom stereocenters. The van der Waals surface area contributed by atoms with E-state index in [0.717, 1.165) is 16.7 Å². The van der Waals surface area contributed by atoms with Gasteiger partial charge >= 0.3 is 6.09 Å². The average molecular weight is 504 g/mol. The van der Waals surface area contributed by atoms with E-state index >= 15 is 0 Å². The third kappa shape index (κ3) is 9.14. The van der Waals surface area contributed by atoms with E-state index in [1.807, 2.05) is 80.5 Å². The second-order valence-corrected chi connectivity index (χ2v) is 12.0. The Morgan fingerprint density at radius 1 is 0.972 bits per heavy atom. The summed E-state index contributed by atoms with van der Waals surface area (Å²) in [6.07, 6.45) is 0.672. The second kappa shape index (κ2) is 12.6. The first-order chi connectivity index (χ1) is 16.4. The van der Waals surface area contributed by atoms with Crippen molar-refractivity contribution >= 4 is 17.9 Å². The molecule has 0 bridgehead atoms. The lowest BCUT2D eigenvalue weighted by Crippen LogP contribution is -2.58. The van der Waals surface area contributed by atoms with Gasteiger partial charge in [-0.25, -0.2) is 4.79 Å². The molecular formula is C29H49N3O4. The SMILES string of the molecule is CCC(C)C(NC(=O)OC(C)(C)C)C(=O)N(C(C)CC)C(C(=O)NC(C)(C)C)c1ccc(C)cc1C. The highest BCUT2D eigenvalue weighted by Crippen LogP contribution is 2.30. The van der Waals surface area contributed by atoms with Crippen LogP contribution in [0.5, 0.6) is 0 Å². The van der Waals surface area contributed by atoms with Crippen molar-refractivity contribution in [1.29, 1.82) is 0 Å². The Balaban J connectivity index is 3.67. The van der Waals surface area contributed by atoms with Crippen molar-refractivity contribution in [1.82, 2.24) is 15.5 Å². The summed E-state index contributed by atoms with van der Waals surface area (Å²) in [5.41, 5.74) is 1.61. The molecule has 7 nitrogen and oxygen atoms in total. The Hall–Kier alpha value is -2.57. The molecule has 0 aliphatic heterocycles. The molecule has 0 aliphatic carbocycles. The minimum Gasteiger partial charge on any atom is -0.444 e. The zero-order valence-corrected chi connectivity index (χ0v) is 24.5. The number of rotatable bonds is 9. The lowest BCUT2D eigenvalue weighted by atomic mass is 9.92. The van der Waals surface area contributed by atoms with Crippen LogP contribution in [0.3, 0.4) is 0 Å². The molecule has 2 N–H and O–H groups in total. The van der Waals surface area contributed by atoms with Crippen molar-refractivity contribution < 1.29 is 19.1 Å². The maximum absolute atomic E-state index is 14.3. The highest BCUT2D eigenvalue weighted by atomic mass is 16.6. The minimum atomic E-state index is -0.848. The summed E-state index contributed by atoms with van der Waals surface area (Å²) in [7, 11) is 0. The molecule has 0 fully saturated rings. The van der Waals surface area contributed by atoms with Gasteiger partial charge in [-0.05, 0) is 85.8 Å². The molecule has 0 saturated heterocycles. The van der Waals surface area contributed by atoms with Crippen LogP contribution in [-0.2, 0) is 14.3 Å². The van der Waals surface area contributed by atoms with Crippen LogP contribution in [0.4, 0.5) is 4.79 Å². The monoisotopic (exact) mass is 503 g/mol. The molecule has 1 aromatic carbocycles. The molecule has 204 valence electrons. The smallest absolute Gasteiger partial charge is 0.408 e. The van der Waals surface area contributed by atoms with Gasteiger partial charge in [0.15, 0.2) is 0 Å². The predicted molar refractivity (Wildman–Crippen MR) is 146 cm³/mol. The number of hydrogen-bond donors (Lipinski definition) is 2. The Morgan fingerprint density at radius 3 is 2.00 bits per heavy atom. The molecule has 36 heavy (non-hydrogen) atoms. The third-order valence-corrected chi connectivity index (χ3v) is 6.22. The van der Waals surface area contributed by atoms with Gasteiger partial charge in [0, 0.05) is 11.6 Å². The Kier molecular flexibility index (Phi) is 11.0. The summed E-state index contributed by atoms with van der Waals surface area (Å²) in [6.45, 7) is 22.9.